The molecule has 0 spiro atoms. The Bertz CT molecular complexity index is 679. The van der Waals surface area contributed by atoms with Crippen molar-refractivity contribution >= 4 is 12.4 Å². The molecular formula is C41H88Cl2N2O5. The van der Waals surface area contributed by atoms with E-state index < -0.39 is 35.7 Å². The van der Waals surface area contributed by atoms with E-state index in [-0.39, 0.29) is 24.8 Å². The number of nitrogens with one attached hydrogen (secondary N) is 1. The van der Waals surface area contributed by atoms with Gasteiger partial charge in [0.1, 0.15) is 12.2 Å². The number of rotatable bonds is 35. The smallest absolute Gasteiger partial charge is 0.199 e. The van der Waals surface area contributed by atoms with Gasteiger partial charge < -0.3 is 41.7 Å². The lowest BCUT2D eigenvalue weighted by atomic mass is 9.69. The molecule has 4 N–H and O–H groups in total. The molecule has 0 aromatic carbocycles. The Balaban J connectivity index is -0.0000110. The predicted octanol–water partition coefficient (Wildman–Crippen LogP) is 6.72. The molecule has 0 aliphatic rings. The number of likely N-dealkylation sites (N-methyl/N-ethyl adjacent to an activating group) is 2. The van der Waals surface area contributed by atoms with E-state index in [9.17, 15) is 15.3 Å². The zero-order chi connectivity index (χ0) is 36.3. The van der Waals surface area contributed by atoms with Gasteiger partial charge in [0, 0.05) is 13.2 Å². The van der Waals surface area contributed by atoms with Crippen molar-refractivity contribution in [3.8, 4) is 0 Å². The van der Waals surface area contributed by atoms with Gasteiger partial charge in [0.2, 0.25) is 0 Å². The van der Waals surface area contributed by atoms with Crippen LogP contribution >= 0.6 is 12.4 Å². The summed E-state index contributed by atoms with van der Waals surface area (Å²) in [6.07, 6.45) is 21.5. The Morgan fingerprint density at radius 1 is 0.540 bits per heavy atom. The van der Waals surface area contributed by atoms with E-state index in [4.69, 9.17) is 9.47 Å². The maximum atomic E-state index is 12.6. The molecule has 0 aliphatic carbocycles. The van der Waals surface area contributed by atoms with Crippen LogP contribution in [-0.4, -0.2) is 94.9 Å². The molecule has 0 rings (SSSR count). The zero-order valence-corrected chi connectivity index (χ0v) is 36.2. The minimum atomic E-state index is -1.51. The van der Waals surface area contributed by atoms with Crippen LogP contribution in [0.2, 0.25) is 0 Å². The first-order valence-electron chi connectivity index (χ1n) is 21.0. The second-order valence-corrected chi connectivity index (χ2v) is 14.9. The molecule has 0 fully saturated rings. The number of nitrogens with zero attached hydrogens (tertiary/aromatic N) is 1. The minimum absolute atomic E-state index is 0. The molecule has 0 saturated carbocycles. The van der Waals surface area contributed by atoms with Crippen molar-refractivity contribution < 1.29 is 41.7 Å². The summed E-state index contributed by atoms with van der Waals surface area (Å²) in [4.78, 5) is 0. The lowest BCUT2D eigenvalue weighted by Gasteiger charge is -2.63. The number of hydrogen-bond donors (Lipinski definition) is 4. The van der Waals surface area contributed by atoms with Crippen LogP contribution in [0.25, 0.3) is 0 Å². The summed E-state index contributed by atoms with van der Waals surface area (Å²) in [5.74, 6) is 0. The molecule has 0 aromatic heterocycles. The Morgan fingerprint density at radius 2 is 0.820 bits per heavy atom. The Kier molecular flexibility index (Phi) is 35.7. The average Bonchev–Trinajstić information content (AvgIpc) is 3.05. The summed E-state index contributed by atoms with van der Waals surface area (Å²) in [7, 11) is 0. The van der Waals surface area contributed by atoms with Crippen molar-refractivity contribution in [1.82, 2.24) is 5.32 Å². The van der Waals surface area contributed by atoms with Crippen LogP contribution in [0, 0.1) is 0 Å². The van der Waals surface area contributed by atoms with Gasteiger partial charge in [0.05, 0.1) is 31.8 Å². The molecule has 0 aliphatic heterocycles. The average molecular weight is 760 g/mol. The van der Waals surface area contributed by atoms with Gasteiger partial charge in [-0.05, 0) is 60.9 Å². The van der Waals surface area contributed by atoms with Gasteiger partial charge in [-0.3, -0.25) is 5.32 Å². The van der Waals surface area contributed by atoms with Crippen molar-refractivity contribution in [1.29, 1.82) is 0 Å². The molecule has 0 amide bonds. The van der Waals surface area contributed by atoms with Crippen molar-refractivity contribution in [3.05, 3.63) is 0 Å². The number of unbranched alkanes of at least 4 members (excludes halogenated alkanes) is 18. The summed E-state index contributed by atoms with van der Waals surface area (Å²) < 4.78 is 14.0. The summed E-state index contributed by atoms with van der Waals surface area (Å²) in [6.45, 7) is 21.9. The normalized spacial score (nSPS) is 16.8. The van der Waals surface area contributed by atoms with Gasteiger partial charge in [-0.15, -0.1) is 12.4 Å². The molecular weight excluding hydrogens is 671 g/mol. The van der Waals surface area contributed by atoms with E-state index in [0.29, 0.717) is 43.9 Å². The number of quaternary nitrogens is 1. The lowest BCUT2D eigenvalue weighted by molar-refractivity contribution is -0.989. The third kappa shape index (κ3) is 18.1. The molecule has 306 valence electrons. The third-order valence-electron chi connectivity index (χ3n) is 11.2. The largest absolute Gasteiger partial charge is 1.00 e. The molecule has 0 bridgehead atoms. The fraction of sp³-hybridized carbons (Fsp3) is 1.00. The first kappa shape index (κ1) is 54.6. The Morgan fingerprint density at radius 3 is 1.06 bits per heavy atom. The van der Waals surface area contributed by atoms with E-state index >= 15 is 0 Å². The number of aliphatic hydroxyl groups excluding tert-OH is 2. The third-order valence-corrected chi connectivity index (χ3v) is 11.2. The van der Waals surface area contributed by atoms with Crippen LogP contribution < -0.4 is 17.7 Å². The molecule has 50 heavy (non-hydrogen) atoms. The fourth-order valence-electron chi connectivity index (χ4n) is 8.53. The monoisotopic (exact) mass is 759 g/mol. The molecule has 9 heteroatoms. The summed E-state index contributed by atoms with van der Waals surface area (Å²) in [5.41, 5.74) is -2.71. The maximum absolute atomic E-state index is 12.6. The highest BCUT2D eigenvalue weighted by Gasteiger charge is 2.71. The van der Waals surface area contributed by atoms with Crippen LogP contribution in [0.15, 0.2) is 0 Å². The summed E-state index contributed by atoms with van der Waals surface area (Å²) >= 11 is 0. The number of halogens is 2. The van der Waals surface area contributed by atoms with E-state index in [2.05, 4.69) is 39.9 Å². The number of hydrogen-bond acceptors (Lipinski definition) is 6. The van der Waals surface area contributed by atoms with Crippen LogP contribution in [0.1, 0.15) is 191 Å². The topological polar surface area (TPSA) is 91.2 Å². The molecule has 0 radical (unpaired) electrons. The van der Waals surface area contributed by atoms with Gasteiger partial charge in [-0.25, -0.2) is 0 Å². The van der Waals surface area contributed by atoms with Crippen LogP contribution in [-0.2, 0) is 9.47 Å². The second-order valence-electron chi connectivity index (χ2n) is 14.9. The first-order chi connectivity index (χ1) is 23.0. The van der Waals surface area contributed by atoms with Gasteiger partial charge in [-0.1, -0.05) is 136 Å². The molecule has 0 saturated heterocycles. The van der Waals surface area contributed by atoms with Crippen molar-refractivity contribution in [2.45, 2.75) is 226 Å². The molecule has 0 aromatic rings. The highest BCUT2D eigenvalue weighted by Crippen LogP contribution is 2.45. The summed E-state index contributed by atoms with van der Waals surface area (Å²) in [5, 5.41) is 39.2. The van der Waals surface area contributed by atoms with Crippen LogP contribution in [0.3, 0.4) is 0 Å². The Labute approximate surface area is 324 Å². The quantitative estimate of drug-likeness (QED) is 0.0326. The standard InChI is InChI=1S/C41H87N2O5.2ClH/c1-10-16-18-20-22-24-26-28-30-32-34-47-38(36(7)44)41(40(9,46)42-12-3,43(13-4,14-5)15-6)39(37(8)45)48-35-33-31-29-27-25-23-21-19-17-11-2;;/h36-39,42,44-46H,10-35H2,1-9H3;2*1H/q+1;;/p-1. The first-order valence-corrected chi connectivity index (χ1v) is 21.0. The van der Waals surface area contributed by atoms with Gasteiger partial charge in [0.15, 0.2) is 11.3 Å². The molecule has 5 atom stereocenters. The van der Waals surface area contributed by atoms with Crippen molar-refractivity contribution in [2.24, 2.45) is 0 Å². The number of ether oxygens (including phenoxy) is 2. The van der Waals surface area contributed by atoms with Gasteiger partial charge in [0.25, 0.3) is 0 Å². The van der Waals surface area contributed by atoms with E-state index in [0.717, 1.165) is 25.7 Å². The highest BCUT2D eigenvalue weighted by molar-refractivity contribution is 5.85. The summed E-state index contributed by atoms with van der Waals surface area (Å²) in [6, 6.07) is 0. The molecule has 7 nitrogen and oxygen atoms in total. The zero-order valence-electron chi connectivity index (χ0n) is 34.6. The maximum Gasteiger partial charge on any atom is 0.199 e. The second kappa shape index (κ2) is 32.7. The van der Waals surface area contributed by atoms with E-state index in [1.54, 1.807) is 13.8 Å². The SMILES string of the molecule is CCCCCCCCCCCCOC(C(C)O)C(C(OCCCCCCCCCCCC)C(C)O)(C(C)(O)NCC)[N+](CC)(CC)CC.Cl.[Cl-]. The Hall–Kier alpha value is 0.300. The fourth-order valence-corrected chi connectivity index (χ4v) is 8.53. The molecule has 0 heterocycles. The minimum Gasteiger partial charge on any atom is -1.00 e. The molecule has 5 unspecified atom stereocenters. The number of aliphatic hydroxyl groups is 3. The van der Waals surface area contributed by atoms with Gasteiger partial charge >= 0.3 is 0 Å². The van der Waals surface area contributed by atoms with Crippen LogP contribution in [0.4, 0.5) is 0 Å². The van der Waals surface area contributed by atoms with Gasteiger partial charge in [-0.2, -0.15) is 0 Å². The predicted molar refractivity (Wildman–Crippen MR) is 213 cm³/mol. The van der Waals surface area contributed by atoms with Crippen LogP contribution in [0.5, 0.6) is 0 Å². The van der Waals surface area contributed by atoms with E-state index in [1.807, 2.05) is 13.8 Å². The van der Waals surface area contributed by atoms with Crippen molar-refractivity contribution in [2.75, 3.05) is 39.4 Å². The van der Waals surface area contributed by atoms with Crippen molar-refractivity contribution in [3.63, 3.8) is 0 Å². The lowest BCUT2D eigenvalue weighted by Crippen LogP contribution is -3.00. The van der Waals surface area contributed by atoms with E-state index in [1.165, 1.54) is 103 Å². The highest BCUT2D eigenvalue weighted by atomic mass is 35.5.